The molecule has 12 heavy (non-hydrogen) atoms. The van der Waals surface area contributed by atoms with Crippen molar-refractivity contribution in [3.05, 3.63) is 11.8 Å². The monoisotopic (exact) mass is 190 g/mol. The van der Waals surface area contributed by atoms with Gasteiger partial charge in [-0.1, -0.05) is 0 Å². The standard InChI is InChI=1S/C8H11ClO3/c1-8(2)11-6(3-4-9)5-7(10)12-8/h5H,3-4H2,1-2H3. The van der Waals surface area contributed by atoms with Crippen molar-refractivity contribution < 1.29 is 14.3 Å². The topological polar surface area (TPSA) is 35.5 Å². The van der Waals surface area contributed by atoms with E-state index in [1.54, 1.807) is 13.8 Å². The second kappa shape index (κ2) is 3.35. The highest BCUT2D eigenvalue weighted by Gasteiger charge is 2.29. The number of rotatable bonds is 2. The van der Waals surface area contributed by atoms with Crippen LogP contribution in [0.2, 0.25) is 0 Å². The summed E-state index contributed by atoms with van der Waals surface area (Å²) in [6, 6.07) is 0. The predicted octanol–water partition coefficient (Wildman–Crippen LogP) is 1.81. The number of esters is 1. The molecule has 0 radical (unpaired) electrons. The van der Waals surface area contributed by atoms with E-state index >= 15 is 0 Å². The molecule has 0 unspecified atom stereocenters. The molecule has 0 bridgehead atoms. The van der Waals surface area contributed by atoms with E-state index in [4.69, 9.17) is 21.1 Å². The molecule has 4 heteroatoms. The van der Waals surface area contributed by atoms with Gasteiger partial charge in [0, 0.05) is 26.1 Å². The molecule has 0 spiro atoms. The lowest BCUT2D eigenvalue weighted by Gasteiger charge is -2.30. The van der Waals surface area contributed by atoms with Crippen LogP contribution in [0, 0.1) is 0 Å². The summed E-state index contributed by atoms with van der Waals surface area (Å²) in [6.07, 6.45) is 1.88. The first-order valence-electron chi connectivity index (χ1n) is 3.72. The lowest BCUT2D eigenvalue weighted by atomic mass is 10.3. The number of alkyl halides is 1. The van der Waals surface area contributed by atoms with Crippen LogP contribution < -0.4 is 0 Å². The molecular weight excluding hydrogens is 180 g/mol. The number of allylic oxidation sites excluding steroid dienone is 1. The van der Waals surface area contributed by atoms with E-state index in [9.17, 15) is 4.79 Å². The first-order valence-corrected chi connectivity index (χ1v) is 4.25. The van der Waals surface area contributed by atoms with Gasteiger partial charge >= 0.3 is 5.97 Å². The fourth-order valence-corrected chi connectivity index (χ4v) is 1.17. The van der Waals surface area contributed by atoms with Crippen LogP contribution >= 0.6 is 11.6 Å². The highest BCUT2D eigenvalue weighted by Crippen LogP contribution is 2.23. The molecule has 0 aliphatic carbocycles. The Hall–Kier alpha value is -0.700. The Bertz CT molecular complexity index is 220. The zero-order valence-electron chi connectivity index (χ0n) is 7.09. The van der Waals surface area contributed by atoms with E-state index in [-0.39, 0.29) is 5.97 Å². The maximum Gasteiger partial charge on any atom is 0.337 e. The Kier molecular flexibility index (Phi) is 2.62. The molecule has 1 aliphatic heterocycles. The van der Waals surface area contributed by atoms with Crippen LogP contribution in [0.15, 0.2) is 11.8 Å². The van der Waals surface area contributed by atoms with Crippen LogP contribution in [-0.4, -0.2) is 17.6 Å². The van der Waals surface area contributed by atoms with Crippen molar-refractivity contribution in [2.75, 3.05) is 5.88 Å². The van der Waals surface area contributed by atoms with Crippen LogP contribution in [0.25, 0.3) is 0 Å². The van der Waals surface area contributed by atoms with E-state index in [0.29, 0.717) is 18.1 Å². The van der Waals surface area contributed by atoms with Crippen LogP contribution in [0.3, 0.4) is 0 Å². The highest BCUT2D eigenvalue weighted by molar-refractivity contribution is 6.18. The summed E-state index contributed by atoms with van der Waals surface area (Å²) in [4.78, 5) is 10.9. The van der Waals surface area contributed by atoms with Gasteiger partial charge in [0.1, 0.15) is 5.76 Å². The minimum Gasteiger partial charge on any atom is -0.457 e. The quantitative estimate of drug-likeness (QED) is 0.492. The Morgan fingerprint density at radius 1 is 1.50 bits per heavy atom. The van der Waals surface area contributed by atoms with Crippen LogP contribution in [-0.2, 0) is 14.3 Å². The van der Waals surface area contributed by atoms with E-state index in [0.717, 1.165) is 0 Å². The average molecular weight is 191 g/mol. The summed E-state index contributed by atoms with van der Waals surface area (Å²) in [7, 11) is 0. The third kappa shape index (κ3) is 2.41. The van der Waals surface area contributed by atoms with Gasteiger partial charge in [0.05, 0.1) is 6.08 Å². The molecule has 3 nitrogen and oxygen atoms in total. The van der Waals surface area contributed by atoms with Gasteiger partial charge in [-0.2, -0.15) is 0 Å². The Balaban J connectivity index is 2.69. The first kappa shape index (κ1) is 9.39. The normalized spacial score (nSPS) is 20.9. The SMILES string of the molecule is CC1(C)OC(=O)C=C(CCCl)O1. The van der Waals surface area contributed by atoms with E-state index < -0.39 is 5.79 Å². The van der Waals surface area contributed by atoms with Gasteiger partial charge in [0.25, 0.3) is 0 Å². The molecular formula is C8H11ClO3. The Morgan fingerprint density at radius 3 is 2.67 bits per heavy atom. The van der Waals surface area contributed by atoms with E-state index in [2.05, 4.69) is 0 Å². The van der Waals surface area contributed by atoms with Crippen molar-refractivity contribution in [1.82, 2.24) is 0 Å². The number of halogens is 1. The van der Waals surface area contributed by atoms with Gasteiger partial charge in [-0.15, -0.1) is 11.6 Å². The van der Waals surface area contributed by atoms with Crippen molar-refractivity contribution in [3.63, 3.8) is 0 Å². The smallest absolute Gasteiger partial charge is 0.337 e. The number of ether oxygens (including phenoxy) is 2. The van der Waals surface area contributed by atoms with Gasteiger partial charge in [0.2, 0.25) is 5.79 Å². The Labute approximate surface area is 76.3 Å². The lowest BCUT2D eigenvalue weighted by Crippen LogP contribution is -2.34. The number of hydrogen-bond donors (Lipinski definition) is 0. The van der Waals surface area contributed by atoms with Gasteiger partial charge in [0.15, 0.2) is 0 Å². The number of carbonyl (C=O) groups is 1. The van der Waals surface area contributed by atoms with E-state index in [1.165, 1.54) is 6.08 Å². The van der Waals surface area contributed by atoms with Crippen LogP contribution in [0.5, 0.6) is 0 Å². The maximum atomic E-state index is 10.9. The number of hydrogen-bond acceptors (Lipinski definition) is 3. The third-order valence-electron chi connectivity index (χ3n) is 1.34. The zero-order chi connectivity index (χ0) is 9.19. The van der Waals surface area contributed by atoms with Crippen molar-refractivity contribution in [2.24, 2.45) is 0 Å². The molecule has 0 atom stereocenters. The van der Waals surface area contributed by atoms with Crippen molar-refractivity contribution in [1.29, 1.82) is 0 Å². The predicted molar refractivity (Wildman–Crippen MR) is 44.7 cm³/mol. The molecule has 0 N–H and O–H groups in total. The lowest BCUT2D eigenvalue weighted by molar-refractivity contribution is -0.205. The molecule has 1 rings (SSSR count). The van der Waals surface area contributed by atoms with Gasteiger partial charge in [-0.05, 0) is 0 Å². The fourth-order valence-electron chi connectivity index (χ4n) is 0.985. The molecule has 0 saturated carbocycles. The van der Waals surface area contributed by atoms with Crippen molar-refractivity contribution in [2.45, 2.75) is 26.1 Å². The second-order valence-electron chi connectivity index (χ2n) is 2.97. The maximum absolute atomic E-state index is 10.9. The van der Waals surface area contributed by atoms with Crippen molar-refractivity contribution in [3.8, 4) is 0 Å². The summed E-state index contributed by atoms with van der Waals surface area (Å²) < 4.78 is 10.2. The van der Waals surface area contributed by atoms with Crippen molar-refractivity contribution >= 4 is 17.6 Å². The average Bonchev–Trinajstić information content (AvgIpc) is 1.82. The number of carbonyl (C=O) groups excluding carboxylic acids is 1. The van der Waals surface area contributed by atoms with Crippen LogP contribution in [0.1, 0.15) is 20.3 Å². The molecule has 0 fully saturated rings. The van der Waals surface area contributed by atoms with Gasteiger partial charge in [-0.25, -0.2) is 4.79 Å². The summed E-state index contributed by atoms with van der Waals surface area (Å²) >= 11 is 5.50. The molecule has 0 aromatic rings. The number of cyclic esters (lactones) is 1. The Morgan fingerprint density at radius 2 is 2.17 bits per heavy atom. The minimum absolute atomic E-state index is 0.369. The summed E-state index contributed by atoms with van der Waals surface area (Å²) in [5.74, 6) is -0.194. The molecule has 1 heterocycles. The summed E-state index contributed by atoms with van der Waals surface area (Å²) in [5.41, 5.74) is 0. The van der Waals surface area contributed by atoms with Crippen LogP contribution in [0.4, 0.5) is 0 Å². The second-order valence-corrected chi connectivity index (χ2v) is 3.35. The molecule has 0 amide bonds. The van der Waals surface area contributed by atoms with E-state index in [1.807, 2.05) is 0 Å². The minimum atomic E-state index is -0.854. The highest BCUT2D eigenvalue weighted by atomic mass is 35.5. The fraction of sp³-hybridized carbons (Fsp3) is 0.625. The molecule has 68 valence electrons. The summed E-state index contributed by atoms with van der Waals surface area (Å²) in [5, 5.41) is 0. The first-order chi connectivity index (χ1) is 5.53. The van der Waals surface area contributed by atoms with Gasteiger partial charge < -0.3 is 9.47 Å². The molecule has 0 aromatic carbocycles. The molecule has 0 aromatic heterocycles. The zero-order valence-corrected chi connectivity index (χ0v) is 7.85. The molecule has 1 aliphatic rings. The molecule has 0 saturated heterocycles. The third-order valence-corrected chi connectivity index (χ3v) is 1.53. The largest absolute Gasteiger partial charge is 0.457 e. The summed E-state index contributed by atoms with van der Waals surface area (Å²) in [6.45, 7) is 3.37. The van der Waals surface area contributed by atoms with Gasteiger partial charge in [-0.3, -0.25) is 0 Å².